The topological polar surface area (TPSA) is 62.2 Å². The zero-order chi connectivity index (χ0) is 14.5. The van der Waals surface area contributed by atoms with Crippen LogP contribution in [0.5, 0.6) is 0 Å². The van der Waals surface area contributed by atoms with Crippen molar-refractivity contribution in [2.24, 2.45) is 0 Å². The predicted molar refractivity (Wildman–Crippen MR) is 83.9 cm³/mol. The van der Waals surface area contributed by atoms with Crippen LogP contribution in [0.25, 0.3) is 0 Å². The Kier molecular flexibility index (Phi) is 5.29. The molecule has 20 heavy (non-hydrogen) atoms. The minimum absolute atomic E-state index is 0.215. The first-order chi connectivity index (χ1) is 9.61. The number of carbonyl (C=O) groups is 1. The second-order valence-electron chi connectivity index (χ2n) is 5.21. The van der Waals surface area contributed by atoms with E-state index in [-0.39, 0.29) is 6.04 Å². The van der Waals surface area contributed by atoms with E-state index in [4.69, 9.17) is 0 Å². The van der Waals surface area contributed by atoms with Crippen LogP contribution in [0.1, 0.15) is 48.3 Å². The van der Waals surface area contributed by atoms with Crippen molar-refractivity contribution in [2.45, 2.75) is 45.6 Å². The van der Waals surface area contributed by atoms with Gasteiger partial charge >= 0.3 is 5.97 Å². The summed E-state index contributed by atoms with van der Waals surface area (Å²) in [7, 11) is 0. The molecule has 0 aliphatic heterocycles. The van der Waals surface area contributed by atoms with E-state index in [1.54, 1.807) is 0 Å². The van der Waals surface area contributed by atoms with Crippen molar-refractivity contribution in [3.8, 4) is 0 Å². The average Bonchev–Trinajstić information content (AvgIpc) is 2.44. The number of anilines is 1. The van der Waals surface area contributed by atoms with Gasteiger partial charge < -0.3 is 10.4 Å². The molecule has 0 fully saturated rings. The Bertz CT molecular complexity index is 491. The number of pyridine rings is 1. The number of nitrogens with zero attached hydrogens (tertiary/aromatic N) is 1. The molecule has 1 aromatic rings. The zero-order valence-electron chi connectivity index (χ0n) is 12.1. The van der Waals surface area contributed by atoms with Crippen LogP contribution in [0.2, 0.25) is 0 Å². The van der Waals surface area contributed by atoms with Crippen LogP contribution in [0.15, 0.2) is 6.07 Å². The number of aromatic nitrogens is 1. The van der Waals surface area contributed by atoms with Crippen molar-refractivity contribution in [1.29, 1.82) is 0 Å². The summed E-state index contributed by atoms with van der Waals surface area (Å²) in [6.45, 7) is 4.19. The molecule has 110 valence electrons. The molecule has 0 saturated carbocycles. The largest absolute Gasteiger partial charge is 0.478 e. The number of nitrogens with one attached hydrogen (secondary N) is 1. The van der Waals surface area contributed by atoms with Gasteiger partial charge in [-0.1, -0.05) is 6.92 Å². The Morgan fingerprint density at radius 2 is 2.25 bits per heavy atom. The molecule has 0 saturated heterocycles. The quantitative estimate of drug-likeness (QED) is 0.843. The maximum Gasteiger partial charge on any atom is 0.339 e. The second kappa shape index (κ2) is 6.97. The van der Waals surface area contributed by atoms with Gasteiger partial charge in [0.05, 0.1) is 0 Å². The normalized spacial score (nSPS) is 15.5. The highest BCUT2D eigenvalue weighted by molar-refractivity contribution is 7.99. The summed E-state index contributed by atoms with van der Waals surface area (Å²) < 4.78 is 0. The fraction of sp³-hybridized carbons (Fsp3) is 0.600. The first-order valence-corrected chi connectivity index (χ1v) is 8.37. The maximum absolute atomic E-state index is 11.4. The van der Waals surface area contributed by atoms with Gasteiger partial charge in [0.25, 0.3) is 0 Å². The molecule has 0 radical (unpaired) electrons. The number of fused-ring (bicyclic) bond motifs is 1. The fourth-order valence-electron chi connectivity index (χ4n) is 2.48. The second-order valence-corrected chi connectivity index (χ2v) is 6.53. The van der Waals surface area contributed by atoms with Gasteiger partial charge in [0, 0.05) is 17.5 Å². The smallest absolute Gasteiger partial charge is 0.339 e. The van der Waals surface area contributed by atoms with E-state index in [2.05, 4.69) is 24.1 Å². The lowest BCUT2D eigenvalue weighted by Crippen LogP contribution is -2.22. The van der Waals surface area contributed by atoms with Gasteiger partial charge in [0.2, 0.25) is 0 Å². The van der Waals surface area contributed by atoms with E-state index in [1.807, 2.05) is 17.8 Å². The van der Waals surface area contributed by atoms with Crippen LogP contribution >= 0.6 is 11.8 Å². The van der Waals surface area contributed by atoms with E-state index < -0.39 is 5.97 Å². The molecule has 2 rings (SSSR count). The van der Waals surface area contributed by atoms with E-state index in [1.165, 1.54) is 0 Å². The molecule has 0 bridgehead atoms. The zero-order valence-corrected chi connectivity index (χ0v) is 12.9. The molecule has 2 N–H and O–H groups in total. The Balaban J connectivity index is 2.23. The summed E-state index contributed by atoms with van der Waals surface area (Å²) in [5, 5.41) is 12.6. The van der Waals surface area contributed by atoms with Crippen LogP contribution in [0.4, 0.5) is 5.82 Å². The molecule has 4 nitrogen and oxygen atoms in total. The lowest BCUT2D eigenvalue weighted by atomic mass is 9.94. The molecular formula is C15H22N2O2S. The molecule has 0 aromatic carbocycles. The lowest BCUT2D eigenvalue weighted by Gasteiger charge is -2.20. The molecule has 0 amide bonds. The summed E-state index contributed by atoms with van der Waals surface area (Å²) in [6.07, 6.45) is 4.18. The van der Waals surface area contributed by atoms with Gasteiger partial charge in [-0.15, -0.1) is 0 Å². The van der Waals surface area contributed by atoms with Crippen LogP contribution in [-0.2, 0) is 12.8 Å². The summed E-state index contributed by atoms with van der Waals surface area (Å²) in [5.41, 5.74) is 2.48. The highest BCUT2D eigenvalue weighted by Crippen LogP contribution is 2.25. The number of aromatic carboxylic acids is 1. The molecule has 1 unspecified atom stereocenters. The number of thioether (sulfide) groups is 1. The first-order valence-electron chi connectivity index (χ1n) is 7.22. The Morgan fingerprint density at radius 3 is 2.95 bits per heavy atom. The van der Waals surface area contributed by atoms with Gasteiger partial charge in [0.15, 0.2) is 0 Å². The summed E-state index contributed by atoms with van der Waals surface area (Å²) in [4.78, 5) is 16.0. The number of hydrogen-bond donors (Lipinski definition) is 2. The molecule has 1 aliphatic rings. The van der Waals surface area contributed by atoms with Gasteiger partial charge in [-0.3, -0.25) is 0 Å². The van der Waals surface area contributed by atoms with Crippen molar-refractivity contribution >= 4 is 23.5 Å². The Labute approximate surface area is 124 Å². The Morgan fingerprint density at radius 1 is 1.50 bits per heavy atom. The van der Waals surface area contributed by atoms with Crippen LogP contribution in [-0.4, -0.2) is 33.6 Å². The summed E-state index contributed by atoms with van der Waals surface area (Å²) in [6, 6.07) is 2.03. The van der Waals surface area contributed by atoms with E-state index in [9.17, 15) is 9.90 Å². The summed E-state index contributed by atoms with van der Waals surface area (Å²) >= 11 is 1.84. The number of aryl methyl sites for hydroxylation is 2. The number of rotatable bonds is 6. The fourth-order valence-corrected chi connectivity index (χ4v) is 3.15. The van der Waals surface area contributed by atoms with Gasteiger partial charge in [-0.05, 0) is 50.0 Å². The average molecular weight is 294 g/mol. The third kappa shape index (κ3) is 3.66. The highest BCUT2D eigenvalue weighted by atomic mass is 32.2. The molecule has 1 aliphatic carbocycles. The third-order valence-corrected chi connectivity index (χ3v) is 4.63. The molecule has 5 heteroatoms. The van der Waals surface area contributed by atoms with Crippen LogP contribution in [0, 0.1) is 0 Å². The number of hydrogen-bond acceptors (Lipinski definition) is 4. The van der Waals surface area contributed by atoms with Gasteiger partial charge in [-0.25, -0.2) is 9.78 Å². The molecule has 1 atom stereocenters. The van der Waals surface area contributed by atoms with Crippen molar-refractivity contribution in [3.63, 3.8) is 0 Å². The minimum atomic E-state index is -0.899. The van der Waals surface area contributed by atoms with Crippen molar-refractivity contribution in [2.75, 3.05) is 16.8 Å². The standard InChI is InChI=1S/C15H22N2O2S/c1-3-20-9-10(2)16-14-12(15(18)19)8-11-6-4-5-7-13(11)17-14/h8,10H,3-7,9H2,1-2H3,(H,16,17)(H,18,19). The highest BCUT2D eigenvalue weighted by Gasteiger charge is 2.19. The van der Waals surface area contributed by atoms with Crippen molar-refractivity contribution < 1.29 is 9.90 Å². The monoisotopic (exact) mass is 294 g/mol. The molecule has 1 heterocycles. The third-order valence-electron chi connectivity index (χ3n) is 3.49. The van der Waals surface area contributed by atoms with Gasteiger partial charge in [-0.2, -0.15) is 11.8 Å². The maximum atomic E-state index is 11.4. The van der Waals surface area contributed by atoms with Crippen LogP contribution < -0.4 is 5.32 Å². The SMILES string of the molecule is CCSCC(C)Nc1nc2c(cc1C(=O)O)CCCC2. The molecule has 1 aromatic heterocycles. The molecule has 0 spiro atoms. The Hall–Kier alpha value is -1.23. The van der Waals surface area contributed by atoms with E-state index >= 15 is 0 Å². The number of carboxylic acids is 1. The first kappa shape index (κ1) is 15.2. The molecular weight excluding hydrogens is 272 g/mol. The van der Waals surface area contributed by atoms with Crippen molar-refractivity contribution in [1.82, 2.24) is 4.98 Å². The number of carboxylic acid groups (broad SMARTS) is 1. The van der Waals surface area contributed by atoms with E-state index in [0.717, 1.165) is 48.4 Å². The minimum Gasteiger partial charge on any atom is -0.478 e. The van der Waals surface area contributed by atoms with Gasteiger partial charge in [0.1, 0.15) is 11.4 Å². The van der Waals surface area contributed by atoms with E-state index in [0.29, 0.717) is 11.4 Å². The van der Waals surface area contributed by atoms with Crippen molar-refractivity contribution in [3.05, 3.63) is 22.9 Å². The van der Waals surface area contributed by atoms with Crippen LogP contribution in [0.3, 0.4) is 0 Å². The summed E-state index contributed by atoms with van der Waals surface area (Å²) in [5.74, 6) is 1.65. The lowest BCUT2D eigenvalue weighted by molar-refractivity contribution is 0.0697. The predicted octanol–water partition coefficient (Wildman–Crippen LogP) is 3.21.